The van der Waals surface area contributed by atoms with Gasteiger partial charge in [-0.3, -0.25) is 4.79 Å². The SMILES string of the molecule is O=C(CSc1cc(F)ccc1F)Nc1cccc(-c2nnc3n2CCCCC3)c1. The van der Waals surface area contributed by atoms with E-state index < -0.39 is 11.6 Å². The molecule has 4 rings (SSSR count). The molecule has 3 aromatic rings. The van der Waals surface area contributed by atoms with Gasteiger partial charge in [0.05, 0.1) is 5.75 Å². The summed E-state index contributed by atoms with van der Waals surface area (Å²) in [6.07, 6.45) is 4.33. The number of aromatic nitrogens is 3. The maximum absolute atomic E-state index is 13.7. The molecule has 1 amide bonds. The van der Waals surface area contributed by atoms with Crippen LogP contribution in [-0.2, 0) is 17.8 Å². The van der Waals surface area contributed by atoms with Crippen LogP contribution >= 0.6 is 11.8 Å². The third kappa shape index (κ3) is 4.64. The Morgan fingerprint density at radius 1 is 1.10 bits per heavy atom. The van der Waals surface area contributed by atoms with Crippen molar-refractivity contribution in [3.8, 4) is 11.4 Å². The van der Waals surface area contributed by atoms with Gasteiger partial charge in [0.1, 0.15) is 17.5 Å². The van der Waals surface area contributed by atoms with Gasteiger partial charge in [0.15, 0.2) is 5.82 Å². The van der Waals surface area contributed by atoms with Crippen LogP contribution in [0.15, 0.2) is 47.4 Å². The highest BCUT2D eigenvalue weighted by Gasteiger charge is 2.16. The smallest absolute Gasteiger partial charge is 0.234 e. The monoisotopic (exact) mass is 414 g/mol. The van der Waals surface area contributed by atoms with Gasteiger partial charge in [0, 0.05) is 29.1 Å². The fourth-order valence-corrected chi connectivity index (χ4v) is 4.12. The first-order chi connectivity index (χ1) is 14.1. The summed E-state index contributed by atoms with van der Waals surface area (Å²) < 4.78 is 29.1. The van der Waals surface area contributed by atoms with E-state index in [-0.39, 0.29) is 16.6 Å². The molecule has 2 heterocycles. The molecule has 0 bridgehead atoms. The zero-order chi connectivity index (χ0) is 20.2. The lowest BCUT2D eigenvalue weighted by Crippen LogP contribution is -2.14. The largest absolute Gasteiger partial charge is 0.325 e. The van der Waals surface area contributed by atoms with Crippen molar-refractivity contribution in [2.45, 2.75) is 37.1 Å². The number of fused-ring (bicyclic) bond motifs is 1. The first-order valence-corrected chi connectivity index (χ1v) is 10.5. The van der Waals surface area contributed by atoms with Crippen molar-refractivity contribution in [3.63, 3.8) is 0 Å². The number of hydrogen-bond acceptors (Lipinski definition) is 4. The summed E-state index contributed by atoms with van der Waals surface area (Å²) in [5.41, 5.74) is 1.51. The van der Waals surface area contributed by atoms with E-state index in [1.807, 2.05) is 18.2 Å². The lowest BCUT2D eigenvalue weighted by atomic mass is 10.2. The Morgan fingerprint density at radius 3 is 2.90 bits per heavy atom. The Balaban J connectivity index is 1.45. The summed E-state index contributed by atoms with van der Waals surface area (Å²) in [4.78, 5) is 12.4. The van der Waals surface area contributed by atoms with Gasteiger partial charge in [-0.1, -0.05) is 18.6 Å². The zero-order valence-corrected chi connectivity index (χ0v) is 16.5. The van der Waals surface area contributed by atoms with Crippen LogP contribution in [-0.4, -0.2) is 26.4 Å². The number of carbonyl (C=O) groups is 1. The maximum atomic E-state index is 13.7. The summed E-state index contributed by atoms with van der Waals surface area (Å²) in [5.74, 6) is 0.406. The van der Waals surface area contributed by atoms with Crippen molar-refractivity contribution >= 4 is 23.4 Å². The van der Waals surface area contributed by atoms with Crippen molar-refractivity contribution in [1.29, 1.82) is 0 Å². The Bertz CT molecular complexity index is 1040. The molecule has 1 aromatic heterocycles. The predicted octanol–water partition coefficient (Wildman–Crippen LogP) is 4.68. The third-order valence-electron chi connectivity index (χ3n) is 4.77. The highest BCUT2D eigenvalue weighted by molar-refractivity contribution is 8.00. The average molecular weight is 414 g/mol. The topological polar surface area (TPSA) is 59.8 Å². The van der Waals surface area contributed by atoms with Gasteiger partial charge in [-0.15, -0.1) is 22.0 Å². The van der Waals surface area contributed by atoms with Gasteiger partial charge >= 0.3 is 0 Å². The molecule has 0 fully saturated rings. The lowest BCUT2D eigenvalue weighted by molar-refractivity contribution is -0.113. The fourth-order valence-electron chi connectivity index (χ4n) is 3.36. The molecule has 5 nitrogen and oxygen atoms in total. The molecule has 2 aromatic carbocycles. The van der Waals surface area contributed by atoms with Crippen molar-refractivity contribution in [2.75, 3.05) is 11.1 Å². The Morgan fingerprint density at radius 2 is 2.00 bits per heavy atom. The number of thioether (sulfide) groups is 1. The Hall–Kier alpha value is -2.74. The summed E-state index contributed by atoms with van der Waals surface area (Å²) in [6, 6.07) is 10.6. The minimum absolute atomic E-state index is 0.0229. The normalized spacial score (nSPS) is 13.6. The van der Waals surface area contributed by atoms with Gasteiger partial charge in [-0.25, -0.2) is 8.78 Å². The quantitative estimate of drug-likeness (QED) is 0.616. The highest BCUT2D eigenvalue weighted by Crippen LogP contribution is 2.26. The number of aryl methyl sites for hydroxylation is 1. The Kier molecular flexibility index (Phi) is 5.89. The van der Waals surface area contributed by atoms with Crippen LogP contribution in [0, 0.1) is 11.6 Å². The highest BCUT2D eigenvalue weighted by atomic mass is 32.2. The Labute approximate surface area is 171 Å². The molecule has 150 valence electrons. The van der Waals surface area contributed by atoms with E-state index in [0.717, 1.165) is 73.0 Å². The predicted molar refractivity (Wildman–Crippen MR) is 109 cm³/mol. The van der Waals surface area contributed by atoms with E-state index >= 15 is 0 Å². The minimum atomic E-state index is -0.543. The molecule has 0 aliphatic carbocycles. The van der Waals surface area contributed by atoms with E-state index in [2.05, 4.69) is 20.1 Å². The van der Waals surface area contributed by atoms with E-state index in [0.29, 0.717) is 5.69 Å². The second-order valence-electron chi connectivity index (χ2n) is 6.89. The van der Waals surface area contributed by atoms with Gasteiger partial charge in [-0.2, -0.15) is 0 Å². The molecular weight excluding hydrogens is 394 g/mol. The second kappa shape index (κ2) is 8.73. The molecule has 1 aliphatic rings. The van der Waals surface area contributed by atoms with Gasteiger partial charge in [-0.05, 0) is 43.2 Å². The number of rotatable bonds is 5. The summed E-state index contributed by atoms with van der Waals surface area (Å²) in [7, 11) is 0. The molecule has 0 unspecified atom stereocenters. The van der Waals surface area contributed by atoms with Crippen molar-refractivity contribution in [1.82, 2.24) is 14.8 Å². The van der Waals surface area contributed by atoms with Crippen LogP contribution in [0.3, 0.4) is 0 Å². The van der Waals surface area contributed by atoms with Crippen LogP contribution in [0.1, 0.15) is 25.1 Å². The molecule has 29 heavy (non-hydrogen) atoms. The van der Waals surface area contributed by atoms with Crippen LogP contribution in [0.5, 0.6) is 0 Å². The number of halogens is 2. The zero-order valence-electron chi connectivity index (χ0n) is 15.7. The van der Waals surface area contributed by atoms with E-state index in [9.17, 15) is 13.6 Å². The number of carbonyl (C=O) groups excluding carboxylic acids is 1. The number of anilines is 1. The van der Waals surface area contributed by atoms with Crippen LogP contribution in [0.4, 0.5) is 14.5 Å². The molecule has 1 aliphatic heterocycles. The van der Waals surface area contributed by atoms with Gasteiger partial charge in [0.25, 0.3) is 0 Å². The summed E-state index contributed by atoms with van der Waals surface area (Å²) in [5, 5.41) is 11.5. The molecule has 0 saturated heterocycles. The van der Waals surface area contributed by atoms with Crippen LogP contribution in [0.2, 0.25) is 0 Å². The van der Waals surface area contributed by atoms with Gasteiger partial charge < -0.3 is 9.88 Å². The summed E-state index contributed by atoms with van der Waals surface area (Å²) in [6.45, 7) is 0.893. The van der Waals surface area contributed by atoms with E-state index in [1.54, 1.807) is 6.07 Å². The van der Waals surface area contributed by atoms with Crippen LogP contribution < -0.4 is 5.32 Å². The molecule has 0 spiro atoms. The van der Waals surface area contributed by atoms with Gasteiger partial charge in [0.2, 0.25) is 5.91 Å². The standard InChI is InChI=1S/C21H20F2N4OS/c22-15-8-9-17(23)18(12-15)29-13-20(28)24-16-6-4-5-14(11-16)21-26-25-19-7-2-1-3-10-27(19)21/h4-6,8-9,11-12H,1-3,7,10,13H2,(H,24,28). The summed E-state index contributed by atoms with van der Waals surface area (Å²) >= 11 is 0.958. The second-order valence-corrected chi connectivity index (χ2v) is 7.91. The number of benzene rings is 2. The van der Waals surface area contributed by atoms with Crippen LogP contribution in [0.25, 0.3) is 11.4 Å². The van der Waals surface area contributed by atoms with Crippen molar-refractivity contribution < 1.29 is 13.6 Å². The lowest BCUT2D eigenvalue weighted by Gasteiger charge is -2.10. The minimum Gasteiger partial charge on any atom is -0.325 e. The van der Waals surface area contributed by atoms with E-state index in [1.165, 1.54) is 6.42 Å². The maximum Gasteiger partial charge on any atom is 0.234 e. The van der Waals surface area contributed by atoms with E-state index in [4.69, 9.17) is 0 Å². The molecular formula is C21H20F2N4OS. The molecule has 1 N–H and O–H groups in total. The number of nitrogens with one attached hydrogen (secondary N) is 1. The first-order valence-electron chi connectivity index (χ1n) is 9.50. The first kappa shape index (κ1) is 19.6. The number of nitrogens with zero attached hydrogens (tertiary/aromatic N) is 3. The van der Waals surface area contributed by atoms with Crippen molar-refractivity contribution in [2.24, 2.45) is 0 Å². The fraction of sp³-hybridized carbons (Fsp3) is 0.286. The molecule has 8 heteroatoms. The molecule has 0 saturated carbocycles. The molecule has 0 radical (unpaired) electrons. The number of amides is 1. The average Bonchev–Trinajstić information content (AvgIpc) is 2.97. The molecule has 0 atom stereocenters. The third-order valence-corrected chi connectivity index (χ3v) is 5.80. The number of hydrogen-bond donors (Lipinski definition) is 1. The van der Waals surface area contributed by atoms with Crippen molar-refractivity contribution in [3.05, 3.63) is 59.9 Å².